The number of aromatic nitrogens is 2. The van der Waals surface area contributed by atoms with E-state index in [2.05, 4.69) is 10.1 Å². The molecule has 3 heterocycles. The minimum atomic E-state index is -0.790. The monoisotopic (exact) mass is 319 g/mol. The Hall–Kier alpha value is -2.02. The fraction of sp³-hybridized carbons (Fsp3) is 0.467. The Kier molecular flexibility index (Phi) is 3.60. The van der Waals surface area contributed by atoms with Crippen LogP contribution in [0.2, 0.25) is 0 Å². The number of likely N-dealkylation sites (tertiary alicyclic amines) is 1. The van der Waals surface area contributed by atoms with E-state index in [4.69, 9.17) is 4.52 Å². The zero-order valence-corrected chi connectivity index (χ0v) is 13.5. The summed E-state index contributed by atoms with van der Waals surface area (Å²) in [5.41, 5.74) is 0.0937. The van der Waals surface area contributed by atoms with Crippen molar-refractivity contribution in [1.82, 2.24) is 15.0 Å². The van der Waals surface area contributed by atoms with Gasteiger partial charge in [0.15, 0.2) is 5.82 Å². The standard InChI is InChI=1S/C15H17N3O3S/c1-9(2)13-16-11(17-21-13)7-18-12(19)6-15(3,14(18)20)10-4-5-22-8-10/h4-5,8-9H,6-7H2,1-3H3/t15-/m0/s1. The predicted molar refractivity (Wildman–Crippen MR) is 80.2 cm³/mol. The van der Waals surface area contributed by atoms with Gasteiger partial charge in [0, 0.05) is 12.3 Å². The van der Waals surface area contributed by atoms with Gasteiger partial charge in [-0.05, 0) is 29.3 Å². The van der Waals surface area contributed by atoms with Gasteiger partial charge in [-0.2, -0.15) is 16.3 Å². The van der Waals surface area contributed by atoms with Crippen molar-refractivity contribution in [3.05, 3.63) is 34.1 Å². The van der Waals surface area contributed by atoms with Crippen LogP contribution in [0.3, 0.4) is 0 Å². The second-order valence-electron chi connectivity index (χ2n) is 6.01. The summed E-state index contributed by atoms with van der Waals surface area (Å²) >= 11 is 1.52. The normalized spacial score (nSPS) is 22.1. The Morgan fingerprint density at radius 3 is 2.82 bits per heavy atom. The fourth-order valence-corrected chi connectivity index (χ4v) is 3.35. The molecular weight excluding hydrogens is 302 g/mol. The summed E-state index contributed by atoms with van der Waals surface area (Å²) in [5, 5.41) is 7.68. The topological polar surface area (TPSA) is 76.3 Å². The highest BCUT2D eigenvalue weighted by atomic mass is 32.1. The average Bonchev–Trinajstić information content (AvgIpc) is 3.17. The first kappa shape index (κ1) is 14.9. The zero-order chi connectivity index (χ0) is 15.9. The highest BCUT2D eigenvalue weighted by molar-refractivity contribution is 7.08. The molecule has 0 spiro atoms. The van der Waals surface area contributed by atoms with Gasteiger partial charge in [-0.25, -0.2) is 0 Å². The number of carbonyl (C=O) groups is 2. The highest BCUT2D eigenvalue weighted by Crippen LogP contribution is 2.37. The summed E-state index contributed by atoms with van der Waals surface area (Å²) in [6.45, 7) is 5.76. The molecule has 2 aromatic heterocycles. The van der Waals surface area contributed by atoms with Crippen LogP contribution in [0.1, 0.15) is 50.4 Å². The van der Waals surface area contributed by atoms with Crippen molar-refractivity contribution in [2.45, 2.75) is 45.1 Å². The van der Waals surface area contributed by atoms with Gasteiger partial charge in [-0.3, -0.25) is 14.5 Å². The Morgan fingerprint density at radius 1 is 1.45 bits per heavy atom. The van der Waals surface area contributed by atoms with Crippen LogP contribution >= 0.6 is 11.3 Å². The van der Waals surface area contributed by atoms with E-state index in [0.29, 0.717) is 11.7 Å². The molecule has 0 aliphatic carbocycles. The van der Waals surface area contributed by atoms with Crippen molar-refractivity contribution in [2.24, 2.45) is 0 Å². The molecule has 1 aliphatic heterocycles. The third kappa shape index (κ3) is 2.35. The molecule has 6 nitrogen and oxygen atoms in total. The number of thiophene rings is 1. The molecule has 22 heavy (non-hydrogen) atoms. The lowest BCUT2D eigenvalue weighted by molar-refractivity contribution is -0.140. The zero-order valence-electron chi connectivity index (χ0n) is 12.7. The van der Waals surface area contributed by atoms with Crippen molar-refractivity contribution in [2.75, 3.05) is 0 Å². The third-order valence-corrected chi connectivity index (χ3v) is 4.64. The van der Waals surface area contributed by atoms with Gasteiger partial charge in [0.2, 0.25) is 17.7 Å². The first-order chi connectivity index (χ1) is 10.4. The van der Waals surface area contributed by atoms with Crippen LogP contribution in [0.4, 0.5) is 0 Å². The summed E-state index contributed by atoms with van der Waals surface area (Å²) in [6.07, 6.45) is 0.178. The molecule has 0 saturated carbocycles. The third-order valence-electron chi connectivity index (χ3n) is 3.96. The number of imide groups is 1. The lowest BCUT2D eigenvalue weighted by Crippen LogP contribution is -2.36. The number of amides is 2. The van der Waals surface area contributed by atoms with E-state index in [-0.39, 0.29) is 30.7 Å². The Morgan fingerprint density at radius 2 is 2.23 bits per heavy atom. The van der Waals surface area contributed by atoms with Crippen molar-refractivity contribution in [3.8, 4) is 0 Å². The maximum absolute atomic E-state index is 12.7. The molecule has 1 saturated heterocycles. The van der Waals surface area contributed by atoms with Crippen molar-refractivity contribution in [1.29, 1.82) is 0 Å². The molecular formula is C15H17N3O3S. The van der Waals surface area contributed by atoms with Gasteiger partial charge in [0.05, 0.1) is 12.0 Å². The first-order valence-electron chi connectivity index (χ1n) is 7.12. The van der Waals surface area contributed by atoms with Gasteiger partial charge in [-0.15, -0.1) is 0 Å². The van der Waals surface area contributed by atoms with Gasteiger partial charge in [0.1, 0.15) is 0 Å². The summed E-state index contributed by atoms with van der Waals surface area (Å²) in [4.78, 5) is 30.4. The van der Waals surface area contributed by atoms with E-state index in [1.807, 2.05) is 37.6 Å². The molecule has 0 aromatic carbocycles. The highest BCUT2D eigenvalue weighted by Gasteiger charge is 2.49. The van der Waals surface area contributed by atoms with E-state index in [9.17, 15) is 9.59 Å². The van der Waals surface area contributed by atoms with Crippen LogP contribution in [-0.4, -0.2) is 26.9 Å². The Balaban J connectivity index is 1.83. The van der Waals surface area contributed by atoms with E-state index in [1.54, 1.807) is 0 Å². The Labute approximate surface area is 132 Å². The van der Waals surface area contributed by atoms with Gasteiger partial charge in [0.25, 0.3) is 0 Å². The first-order valence-corrected chi connectivity index (χ1v) is 8.06. The molecule has 2 aromatic rings. The molecule has 0 unspecified atom stereocenters. The fourth-order valence-electron chi connectivity index (χ4n) is 2.56. The second-order valence-corrected chi connectivity index (χ2v) is 6.79. The SMILES string of the molecule is CC(C)c1nc(CN2C(=O)C[C@@](C)(c3ccsc3)C2=O)no1. The van der Waals surface area contributed by atoms with E-state index >= 15 is 0 Å². The van der Waals surface area contributed by atoms with Crippen LogP contribution in [0.5, 0.6) is 0 Å². The maximum Gasteiger partial charge on any atom is 0.240 e. The lowest BCUT2D eigenvalue weighted by atomic mass is 9.83. The van der Waals surface area contributed by atoms with Crippen LogP contribution in [-0.2, 0) is 21.5 Å². The molecule has 1 aliphatic rings. The van der Waals surface area contributed by atoms with Crippen LogP contribution in [0.15, 0.2) is 21.3 Å². The second kappa shape index (κ2) is 5.31. The summed E-state index contributed by atoms with van der Waals surface area (Å²) in [6, 6.07) is 1.89. The van der Waals surface area contributed by atoms with Crippen LogP contribution < -0.4 is 0 Å². The molecule has 3 rings (SSSR count). The maximum atomic E-state index is 12.7. The number of hydrogen-bond donors (Lipinski definition) is 0. The van der Waals surface area contributed by atoms with Crippen LogP contribution in [0, 0.1) is 0 Å². The lowest BCUT2D eigenvalue weighted by Gasteiger charge is -2.20. The molecule has 0 bridgehead atoms. The summed E-state index contributed by atoms with van der Waals surface area (Å²) in [7, 11) is 0. The smallest absolute Gasteiger partial charge is 0.240 e. The molecule has 1 fully saturated rings. The Bertz CT molecular complexity index is 707. The van der Waals surface area contributed by atoms with Crippen molar-refractivity contribution >= 4 is 23.2 Å². The van der Waals surface area contributed by atoms with Gasteiger partial charge >= 0.3 is 0 Å². The molecule has 2 amide bonds. The van der Waals surface area contributed by atoms with E-state index in [0.717, 1.165) is 5.56 Å². The summed E-state index contributed by atoms with van der Waals surface area (Å²) in [5.74, 6) is 0.582. The summed E-state index contributed by atoms with van der Waals surface area (Å²) < 4.78 is 5.12. The van der Waals surface area contributed by atoms with Gasteiger partial charge in [-0.1, -0.05) is 19.0 Å². The molecule has 0 radical (unpaired) electrons. The minimum absolute atomic E-state index is 0.0631. The van der Waals surface area contributed by atoms with Gasteiger partial charge < -0.3 is 4.52 Å². The number of carbonyl (C=O) groups excluding carboxylic acids is 2. The largest absolute Gasteiger partial charge is 0.339 e. The quantitative estimate of drug-likeness (QED) is 0.809. The van der Waals surface area contributed by atoms with Crippen LogP contribution in [0.25, 0.3) is 0 Å². The molecule has 0 N–H and O–H groups in total. The number of hydrogen-bond acceptors (Lipinski definition) is 6. The predicted octanol–water partition coefficient (Wildman–Crippen LogP) is 2.47. The number of rotatable bonds is 4. The number of nitrogens with zero attached hydrogens (tertiary/aromatic N) is 3. The minimum Gasteiger partial charge on any atom is -0.339 e. The van der Waals surface area contributed by atoms with E-state index in [1.165, 1.54) is 16.2 Å². The molecule has 7 heteroatoms. The van der Waals surface area contributed by atoms with E-state index < -0.39 is 5.41 Å². The molecule has 1 atom stereocenters. The van der Waals surface area contributed by atoms with Crippen molar-refractivity contribution in [3.63, 3.8) is 0 Å². The molecule has 116 valence electrons. The average molecular weight is 319 g/mol. The van der Waals surface area contributed by atoms with Crippen molar-refractivity contribution < 1.29 is 14.1 Å².